The molecule has 0 atom stereocenters. The standard InChI is InChI=1S/C22H26N4O/c27-21(23-13-8-16-25-14-6-7-15-25)17-26-20-12-5-4-11-19(20)22(24-26)18-9-2-1-3-10-18/h1-5,9-12H,6-8,13-17H2,(H,23,27). The third kappa shape index (κ3) is 4.19. The maximum absolute atomic E-state index is 12.4. The van der Waals surface area contributed by atoms with Gasteiger partial charge in [-0.2, -0.15) is 5.10 Å². The number of nitrogens with zero attached hydrogens (tertiary/aromatic N) is 3. The van der Waals surface area contributed by atoms with Gasteiger partial charge in [-0.05, 0) is 45.0 Å². The summed E-state index contributed by atoms with van der Waals surface area (Å²) >= 11 is 0. The normalized spacial score (nSPS) is 14.7. The van der Waals surface area contributed by atoms with Gasteiger partial charge >= 0.3 is 0 Å². The highest BCUT2D eigenvalue weighted by Crippen LogP contribution is 2.27. The third-order valence-corrected chi connectivity index (χ3v) is 5.17. The Bertz CT molecular complexity index is 897. The highest BCUT2D eigenvalue weighted by atomic mass is 16.2. The van der Waals surface area contributed by atoms with E-state index < -0.39 is 0 Å². The van der Waals surface area contributed by atoms with Crippen LogP contribution in [0, 0.1) is 0 Å². The molecule has 0 bridgehead atoms. The van der Waals surface area contributed by atoms with Gasteiger partial charge in [-0.1, -0.05) is 48.5 Å². The highest BCUT2D eigenvalue weighted by Gasteiger charge is 2.14. The van der Waals surface area contributed by atoms with E-state index in [9.17, 15) is 4.79 Å². The molecular weight excluding hydrogens is 336 g/mol. The molecule has 1 saturated heterocycles. The van der Waals surface area contributed by atoms with Gasteiger partial charge in [-0.15, -0.1) is 0 Å². The fourth-order valence-electron chi connectivity index (χ4n) is 3.79. The number of carbonyl (C=O) groups excluding carboxylic acids is 1. The summed E-state index contributed by atoms with van der Waals surface area (Å²) in [5.41, 5.74) is 2.98. The number of para-hydroxylation sites is 1. The molecule has 27 heavy (non-hydrogen) atoms. The van der Waals surface area contributed by atoms with Crippen molar-refractivity contribution in [3.8, 4) is 11.3 Å². The first-order valence-electron chi connectivity index (χ1n) is 9.81. The van der Waals surface area contributed by atoms with Gasteiger partial charge in [0.1, 0.15) is 12.2 Å². The van der Waals surface area contributed by atoms with Crippen molar-refractivity contribution in [3.05, 3.63) is 54.6 Å². The zero-order chi connectivity index (χ0) is 18.5. The number of nitrogens with one attached hydrogen (secondary N) is 1. The first-order chi connectivity index (χ1) is 13.3. The van der Waals surface area contributed by atoms with E-state index in [0.29, 0.717) is 0 Å². The van der Waals surface area contributed by atoms with E-state index in [-0.39, 0.29) is 12.5 Å². The monoisotopic (exact) mass is 362 g/mol. The molecule has 0 unspecified atom stereocenters. The predicted molar refractivity (Wildman–Crippen MR) is 108 cm³/mol. The first kappa shape index (κ1) is 17.7. The topological polar surface area (TPSA) is 50.2 Å². The summed E-state index contributed by atoms with van der Waals surface area (Å²) in [4.78, 5) is 14.9. The molecule has 2 heterocycles. The molecule has 1 N–H and O–H groups in total. The van der Waals surface area contributed by atoms with Crippen LogP contribution in [0.25, 0.3) is 22.2 Å². The summed E-state index contributed by atoms with van der Waals surface area (Å²) in [5.74, 6) is 0.0179. The van der Waals surface area contributed by atoms with E-state index in [1.165, 1.54) is 25.9 Å². The molecule has 0 aliphatic carbocycles. The molecule has 0 saturated carbocycles. The lowest BCUT2D eigenvalue weighted by Crippen LogP contribution is -2.31. The van der Waals surface area contributed by atoms with Crippen LogP contribution in [0.5, 0.6) is 0 Å². The van der Waals surface area contributed by atoms with Crippen molar-refractivity contribution in [3.63, 3.8) is 0 Å². The van der Waals surface area contributed by atoms with E-state index >= 15 is 0 Å². The lowest BCUT2D eigenvalue weighted by molar-refractivity contribution is -0.121. The van der Waals surface area contributed by atoms with Gasteiger partial charge < -0.3 is 10.2 Å². The average molecular weight is 362 g/mol. The minimum Gasteiger partial charge on any atom is -0.354 e. The Kier molecular flexibility index (Phi) is 5.49. The van der Waals surface area contributed by atoms with Crippen LogP contribution in [0.2, 0.25) is 0 Å². The summed E-state index contributed by atoms with van der Waals surface area (Å²) in [5, 5.41) is 8.86. The van der Waals surface area contributed by atoms with E-state index in [4.69, 9.17) is 5.10 Å². The van der Waals surface area contributed by atoms with Crippen LogP contribution in [-0.4, -0.2) is 46.8 Å². The molecule has 140 valence electrons. The van der Waals surface area contributed by atoms with Gasteiger partial charge in [-0.3, -0.25) is 9.48 Å². The van der Waals surface area contributed by atoms with Gasteiger partial charge in [0.15, 0.2) is 0 Å². The van der Waals surface area contributed by atoms with Crippen LogP contribution in [0.4, 0.5) is 0 Å². The Balaban J connectivity index is 1.41. The first-order valence-corrected chi connectivity index (χ1v) is 9.81. The van der Waals surface area contributed by atoms with Gasteiger partial charge in [0.25, 0.3) is 0 Å². The zero-order valence-corrected chi connectivity index (χ0v) is 15.6. The molecule has 0 radical (unpaired) electrons. The van der Waals surface area contributed by atoms with Crippen LogP contribution >= 0.6 is 0 Å². The van der Waals surface area contributed by atoms with Gasteiger partial charge in [0.2, 0.25) is 5.91 Å². The largest absolute Gasteiger partial charge is 0.354 e. The molecule has 5 heteroatoms. The Labute approximate surface area is 160 Å². The van der Waals surface area contributed by atoms with E-state index in [0.717, 1.165) is 41.7 Å². The van der Waals surface area contributed by atoms with Gasteiger partial charge in [0.05, 0.1) is 5.52 Å². The zero-order valence-electron chi connectivity index (χ0n) is 15.6. The van der Waals surface area contributed by atoms with Crippen LogP contribution < -0.4 is 5.32 Å². The molecule has 2 aromatic carbocycles. The number of fused-ring (bicyclic) bond motifs is 1. The summed E-state index contributed by atoms with van der Waals surface area (Å²) in [6.45, 7) is 4.45. The fraction of sp³-hybridized carbons (Fsp3) is 0.364. The molecule has 0 spiro atoms. The van der Waals surface area contributed by atoms with Crippen molar-refractivity contribution < 1.29 is 4.79 Å². The van der Waals surface area contributed by atoms with Crippen molar-refractivity contribution in [1.29, 1.82) is 0 Å². The van der Waals surface area contributed by atoms with Gasteiger partial charge in [0, 0.05) is 17.5 Å². The second-order valence-corrected chi connectivity index (χ2v) is 7.14. The number of amides is 1. The van der Waals surface area contributed by atoms with Crippen molar-refractivity contribution in [2.24, 2.45) is 0 Å². The molecule has 4 rings (SSSR count). The summed E-state index contributed by atoms with van der Waals surface area (Å²) in [7, 11) is 0. The quantitative estimate of drug-likeness (QED) is 0.656. The van der Waals surface area contributed by atoms with Crippen molar-refractivity contribution in [1.82, 2.24) is 20.0 Å². The lowest BCUT2D eigenvalue weighted by atomic mass is 10.1. The van der Waals surface area contributed by atoms with E-state index in [1.807, 2.05) is 41.1 Å². The molecule has 5 nitrogen and oxygen atoms in total. The molecule has 1 amide bonds. The number of hydrogen-bond donors (Lipinski definition) is 1. The van der Waals surface area contributed by atoms with E-state index in [2.05, 4.69) is 28.4 Å². The van der Waals surface area contributed by atoms with Crippen molar-refractivity contribution in [2.75, 3.05) is 26.2 Å². The van der Waals surface area contributed by atoms with Gasteiger partial charge in [-0.25, -0.2) is 0 Å². The van der Waals surface area contributed by atoms with Crippen molar-refractivity contribution in [2.45, 2.75) is 25.8 Å². The number of rotatable bonds is 7. The third-order valence-electron chi connectivity index (χ3n) is 5.17. The lowest BCUT2D eigenvalue weighted by Gasteiger charge is -2.14. The summed E-state index contributed by atoms with van der Waals surface area (Å²) < 4.78 is 1.81. The van der Waals surface area contributed by atoms with Crippen LogP contribution in [0.3, 0.4) is 0 Å². The number of aromatic nitrogens is 2. The van der Waals surface area contributed by atoms with Crippen LogP contribution in [0.15, 0.2) is 54.6 Å². The SMILES string of the molecule is O=C(Cn1nc(-c2ccccc2)c2ccccc21)NCCCN1CCCC1. The molecule has 1 aliphatic rings. The molecular formula is C22H26N4O. The Hall–Kier alpha value is -2.66. The van der Waals surface area contributed by atoms with Crippen LogP contribution in [-0.2, 0) is 11.3 Å². The maximum Gasteiger partial charge on any atom is 0.241 e. The predicted octanol–water partition coefficient (Wildman–Crippen LogP) is 3.31. The molecule has 1 fully saturated rings. The molecule has 3 aromatic rings. The number of carbonyl (C=O) groups is 1. The average Bonchev–Trinajstić information content (AvgIpc) is 3.34. The maximum atomic E-state index is 12.4. The number of hydrogen-bond acceptors (Lipinski definition) is 3. The smallest absolute Gasteiger partial charge is 0.241 e. The molecule has 1 aliphatic heterocycles. The van der Waals surface area contributed by atoms with E-state index in [1.54, 1.807) is 0 Å². The molecule has 1 aromatic heterocycles. The Morgan fingerprint density at radius 1 is 1.00 bits per heavy atom. The number of likely N-dealkylation sites (tertiary alicyclic amines) is 1. The van der Waals surface area contributed by atoms with Crippen LogP contribution in [0.1, 0.15) is 19.3 Å². The fourth-order valence-corrected chi connectivity index (χ4v) is 3.79. The van der Waals surface area contributed by atoms with Crippen molar-refractivity contribution >= 4 is 16.8 Å². The minimum absolute atomic E-state index is 0.0179. The minimum atomic E-state index is 0.0179. The highest BCUT2D eigenvalue weighted by molar-refractivity contribution is 5.94. The second-order valence-electron chi connectivity index (χ2n) is 7.14. The summed E-state index contributed by atoms with van der Waals surface area (Å²) in [6.07, 6.45) is 3.62. The number of benzene rings is 2. The second kappa shape index (κ2) is 8.35. The summed E-state index contributed by atoms with van der Waals surface area (Å²) in [6, 6.07) is 18.2. The Morgan fingerprint density at radius 3 is 2.56 bits per heavy atom. The Morgan fingerprint density at radius 2 is 1.74 bits per heavy atom.